The molecule has 8 heteroatoms. The number of aryl methyl sites for hydroxylation is 3. The van der Waals surface area contributed by atoms with E-state index in [-0.39, 0.29) is 18.1 Å². The van der Waals surface area contributed by atoms with Crippen LogP contribution in [0.25, 0.3) is 0 Å². The summed E-state index contributed by atoms with van der Waals surface area (Å²) in [6, 6.07) is -0.175. The molecule has 0 N–H and O–H groups in total. The molecule has 0 aromatic carbocycles. The van der Waals surface area contributed by atoms with Gasteiger partial charge in [0.2, 0.25) is 0 Å². The molecule has 4 rings (SSSR count). The van der Waals surface area contributed by atoms with Crippen molar-refractivity contribution in [1.29, 1.82) is 0 Å². The van der Waals surface area contributed by atoms with Crippen molar-refractivity contribution in [3.63, 3.8) is 0 Å². The predicted octanol–water partition coefficient (Wildman–Crippen LogP) is 2.35. The van der Waals surface area contributed by atoms with Gasteiger partial charge in [-0.15, -0.1) is 0 Å². The molecule has 2 aromatic rings. The van der Waals surface area contributed by atoms with Gasteiger partial charge in [0.1, 0.15) is 11.3 Å². The van der Waals surface area contributed by atoms with Crippen LogP contribution in [0.2, 0.25) is 0 Å². The molecule has 0 unspecified atom stereocenters. The fraction of sp³-hybridized carbons (Fsp3) is 0.667. The van der Waals surface area contributed by atoms with Crippen LogP contribution in [-0.2, 0) is 18.2 Å². The quantitative estimate of drug-likeness (QED) is 0.765. The van der Waals surface area contributed by atoms with E-state index in [4.69, 9.17) is 9.26 Å². The fourth-order valence-corrected chi connectivity index (χ4v) is 4.57. The average molecular weight is 402 g/mol. The monoisotopic (exact) mass is 401 g/mol. The molecule has 2 aliphatic heterocycles. The van der Waals surface area contributed by atoms with Crippen molar-refractivity contribution < 1.29 is 14.1 Å². The molecular formula is C21H31N5O3. The molecular weight excluding hydrogens is 370 g/mol. The number of piperidine rings is 1. The highest BCUT2D eigenvalue weighted by Gasteiger charge is 2.40. The van der Waals surface area contributed by atoms with Crippen LogP contribution in [-0.4, -0.2) is 69.5 Å². The van der Waals surface area contributed by atoms with E-state index in [1.54, 1.807) is 4.68 Å². The van der Waals surface area contributed by atoms with Crippen molar-refractivity contribution in [3.8, 4) is 0 Å². The van der Waals surface area contributed by atoms with Gasteiger partial charge in [-0.1, -0.05) is 18.5 Å². The van der Waals surface area contributed by atoms with Crippen LogP contribution in [0.15, 0.2) is 16.9 Å². The number of carbonyl (C=O) groups is 1. The number of hydrogen-bond acceptors (Lipinski definition) is 6. The summed E-state index contributed by atoms with van der Waals surface area (Å²) in [5.74, 6) is 0.553. The van der Waals surface area contributed by atoms with Gasteiger partial charge in [0.25, 0.3) is 5.91 Å². The van der Waals surface area contributed by atoms with E-state index in [0.29, 0.717) is 30.9 Å². The predicted molar refractivity (Wildman–Crippen MR) is 108 cm³/mol. The van der Waals surface area contributed by atoms with Crippen molar-refractivity contribution in [2.75, 3.05) is 32.8 Å². The van der Waals surface area contributed by atoms with Gasteiger partial charge in [-0.2, -0.15) is 5.10 Å². The smallest absolute Gasteiger partial charge is 0.260 e. The molecule has 158 valence electrons. The van der Waals surface area contributed by atoms with Gasteiger partial charge in [0.05, 0.1) is 30.6 Å². The van der Waals surface area contributed by atoms with E-state index < -0.39 is 0 Å². The lowest BCUT2D eigenvalue weighted by atomic mass is 9.98. The van der Waals surface area contributed by atoms with Crippen molar-refractivity contribution in [1.82, 2.24) is 24.7 Å². The standard InChI is InChI=1S/C21H31N5O3/c1-4-17-19(15(2)29-23-17)21(27)26-10-11-28-18(14-25-8-6-5-7-9-25)20(26)16-12-22-24(3)13-16/h12-13,18,20H,4-11,14H2,1-3H3/t18-,20-/m0/s1. The first kappa shape index (κ1) is 20.1. The molecule has 2 atom stereocenters. The summed E-state index contributed by atoms with van der Waals surface area (Å²) in [4.78, 5) is 18.0. The topological polar surface area (TPSA) is 76.6 Å². The average Bonchev–Trinajstić information content (AvgIpc) is 3.33. The highest BCUT2D eigenvalue weighted by molar-refractivity contribution is 5.96. The molecule has 4 heterocycles. The van der Waals surface area contributed by atoms with E-state index in [9.17, 15) is 4.79 Å². The third-order valence-electron chi connectivity index (χ3n) is 6.05. The minimum atomic E-state index is -0.175. The lowest BCUT2D eigenvalue weighted by Crippen LogP contribution is -2.52. The molecule has 0 aliphatic carbocycles. The summed E-state index contributed by atoms with van der Waals surface area (Å²) in [6.07, 6.45) is 8.18. The zero-order chi connectivity index (χ0) is 20.4. The van der Waals surface area contributed by atoms with Crippen LogP contribution in [0, 0.1) is 6.92 Å². The highest BCUT2D eigenvalue weighted by Crippen LogP contribution is 2.33. The summed E-state index contributed by atoms with van der Waals surface area (Å²) in [6.45, 7) is 7.90. The molecule has 1 amide bonds. The fourth-order valence-electron chi connectivity index (χ4n) is 4.57. The maximum Gasteiger partial charge on any atom is 0.260 e. The molecule has 2 saturated heterocycles. The summed E-state index contributed by atoms with van der Waals surface area (Å²) in [7, 11) is 1.90. The van der Waals surface area contributed by atoms with Crippen molar-refractivity contribution >= 4 is 5.91 Å². The third-order valence-corrected chi connectivity index (χ3v) is 6.05. The maximum absolute atomic E-state index is 13.6. The lowest BCUT2D eigenvalue weighted by molar-refractivity contribution is -0.0742. The Bertz CT molecular complexity index is 839. The van der Waals surface area contributed by atoms with E-state index in [2.05, 4.69) is 15.2 Å². The van der Waals surface area contributed by atoms with Crippen LogP contribution in [0.4, 0.5) is 0 Å². The van der Waals surface area contributed by atoms with Gasteiger partial charge in [0.15, 0.2) is 0 Å². The molecule has 2 fully saturated rings. The lowest BCUT2D eigenvalue weighted by Gasteiger charge is -2.43. The Labute approximate surface area is 171 Å². The van der Waals surface area contributed by atoms with Gasteiger partial charge in [0, 0.05) is 31.9 Å². The Hall–Kier alpha value is -2.19. The molecule has 0 radical (unpaired) electrons. The summed E-state index contributed by atoms with van der Waals surface area (Å²) in [5, 5.41) is 8.45. The molecule has 29 heavy (non-hydrogen) atoms. The minimum absolute atomic E-state index is 0.0265. The second-order valence-corrected chi connectivity index (χ2v) is 8.08. The maximum atomic E-state index is 13.6. The number of amides is 1. The first-order valence-corrected chi connectivity index (χ1v) is 10.7. The zero-order valence-electron chi connectivity index (χ0n) is 17.6. The van der Waals surface area contributed by atoms with Gasteiger partial charge in [-0.25, -0.2) is 0 Å². The number of carbonyl (C=O) groups excluding carboxylic acids is 1. The van der Waals surface area contributed by atoms with E-state index >= 15 is 0 Å². The first-order valence-electron chi connectivity index (χ1n) is 10.7. The number of ether oxygens (including phenoxy) is 1. The number of nitrogens with zero attached hydrogens (tertiary/aromatic N) is 5. The molecule has 0 spiro atoms. The van der Waals surface area contributed by atoms with Gasteiger partial charge < -0.3 is 19.1 Å². The van der Waals surface area contributed by atoms with Gasteiger partial charge >= 0.3 is 0 Å². The summed E-state index contributed by atoms with van der Waals surface area (Å²) in [5.41, 5.74) is 2.33. The molecule has 0 saturated carbocycles. The molecule has 2 aliphatic rings. The Morgan fingerprint density at radius 1 is 1.24 bits per heavy atom. The number of rotatable bonds is 5. The molecule has 2 aromatic heterocycles. The van der Waals surface area contributed by atoms with Gasteiger partial charge in [-0.3, -0.25) is 9.48 Å². The number of aromatic nitrogens is 3. The Morgan fingerprint density at radius 2 is 2.03 bits per heavy atom. The van der Waals surface area contributed by atoms with Crippen molar-refractivity contribution in [2.24, 2.45) is 7.05 Å². The van der Waals surface area contributed by atoms with Crippen LogP contribution in [0.3, 0.4) is 0 Å². The number of likely N-dealkylation sites (tertiary alicyclic amines) is 1. The minimum Gasteiger partial charge on any atom is -0.373 e. The van der Waals surface area contributed by atoms with E-state index in [1.807, 2.05) is 38.2 Å². The van der Waals surface area contributed by atoms with E-state index in [0.717, 1.165) is 30.9 Å². The Morgan fingerprint density at radius 3 is 2.72 bits per heavy atom. The molecule has 0 bridgehead atoms. The van der Waals surface area contributed by atoms with Crippen molar-refractivity contribution in [3.05, 3.63) is 35.0 Å². The van der Waals surface area contributed by atoms with Crippen LogP contribution in [0.1, 0.15) is 59.6 Å². The second-order valence-electron chi connectivity index (χ2n) is 8.08. The number of hydrogen-bond donors (Lipinski definition) is 0. The van der Waals surface area contributed by atoms with Crippen molar-refractivity contribution in [2.45, 2.75) is 51.7 Å². The molecule has 8 nitrogen and oxygen atoms in total. The SMILES string of the molecule is CCc1noc(C)c1C(=O)N1CCO[C@@H](CN2CCCCC2)[C@@H]1c1cnn(C)c1. The normalized spacial score (nSPS) is 23.5. The Kier molecular flexibility index (Phi) is 6.01. The largest absolute Gasteiger partial charge is 0.373 e. The zero-order valence-corrected chi connectivity index (χ0v) is 17.6. The third kappa shape index (κ3) is 4.09. The highest BCUT2D eigenvalue weighted by atomic mass is 16.5. The van der Waals surface area contributed by atoms with Crippen LogP contribution >= 0.6 is 0 Å². The van der Waals surface area contributed by atoms with Crippen LogP contribution in [0.5, 0.6) is 0 Å². The Balaban J connectivity index is 1.65. The number of morpholine rings is 1. The van der Waals surface area contributed by atoms with E-state index in [1.165, 1.54) is 19.3 Å². The summed E-state index contributed by atoms with van der Waals surface area (Å²) < 4.78 is 13.4. The second kappa shape index (κ2) is 8.67. The van der Waals surface area contributed by atoms with Crippen LogP contribution < -0.4 is 0 Å². The summed E-state index contributed by atoms with van der Waals surface area (Å²) >= 11 is 0. The van der Waals surface area contributed by atoms with Gasteiger partial charge in [-0.05, 0) is 39.3 Å². The first-order chi connectivity index (χ1) is 14.1.